The number of rotatable bonds is 7. The SMILES string of the molecule is COC(=O)c1ccc(Nc2cc(Nc3ccccc3S(=O)C(C)C)c3cc[nH]c3n2)nc1. The van der Waals surface area contributed by atoms with Crippen molar-refractivity contribution in [3.63, 3.8) is 0 Å². The van der Waals surface area contributed by atoms with E-state index < -0.39 is 16.8 Å². The van der Waals surface area contributed by atoms with Crippen molar-refractivity contribution >= 4 is 50.8 Å². The molecule has 8 nitrogen and oxygen atoms in total. The summed E-state index contributed by atoms with van der Waals surface area (Å²) in [6.45, 7) is 3.87. The average Bonchev–Trinajstić information content (AvgIpc) is 3.28. The minimum atomic E-state index is -1.14. The standard InChI is InChI=1S/C23H23N5O3S/c1-14(2)32(30)19-7-5-4-6-17(19)26-18-12-21(28-22-16(18)10-11-24-22)27-20-9-8-15(13-25-20)23(29)31-3/h4-14H,1-3H3,(H3,24,25,26,27,28). The van der Waals surface area contributed by atoms with E-state index in [1.165, 1.54) is 13.3 Å². The number of pyridine rings is 2. The molecule has 0 aliphatic rings. The molecule has 4 aromatic rings. The fraction of sp³-hybridized carbons (Fsp3) is 0.174. The van der Waals surface area contributed by atoms with E-state index in [1.54, 1.807) is 12.1 Å². The summed E-state index contributed by atoms with van der Waals surface area (Å²) in [5.74, 6) is 0.644. The molecule has 9 heteroatoms. The van der Waals surface area contributed by atoms with Gasteiger partial charge in [0.05, 0.1) is 39.7 Å². The van der Waals surface area contributed by atoms with Gasteiger partial charge in [0.25, 0.3) is 0 Å². The van der Waals surface area contributed by atoms with E-state index >= 15 is 0 Å². The largest absolute Gasteiger partial charge is 0.465 e. The van der Waals surface area contributed by atoms with Crippen molar-refractivity contribution in [1.29, 1.82) is 0 Å². The van der Waals surface area contributed by atoms with Gasteiger partial charge in [-0.25, -0.2) is 14.8 Å². The van der Waals surface area contributed by atoms with E-state index in [0.29, 0.717) is 22.8 Å². The molecule has 0 amide bonds. The van der Waals surface area contributed by atoms with Crippen LogP contribution in [0.5, 0.6) is 0 Å². The van der Waals surface area contributed by atoms with E-state index in [-0.39, 0.29) is 5.25 Å². The number of aromatic nitrogens is 3. The number of hydrogen-bond donors (Lipinski definition) is 3. The highest BCUT2D eigenvalue weighted by Crippen LogP contribution is 2.31. The van der Waals surface area contributed by atoms with Gasteiger partial charge in [0, 0.05) is 29.1 Å². The molecular formula is C23H23N5O3S. The number of anilines is 4. The molecule has 0 aliphatic heterocycles. The Hall–Kier alpha value is -3.72. The van der Waals surface area contributed by atoms with Gasteiger partial charge in [-0.1, -0.05) is 26.0 Å². The normalized spacial score (nSPS) is 12.0. The number of methoxy groups -OCH3 is 1. The maximum absolute atomic E-state index is 12.8. The summed E-state index contributed by atoms with van der Waals surface area (Å²) in [4.78, 5) is 24.3. The van der Waals surface area contributed by atoms with E-state index in [2.05, 4.69) is 25.6 Å². The van der Waals surface area contributed by atoms with Crippen LogP contribution >= 0.6 is 0 Å². The summed E-state index contributed by atoms with van der Waals surface area (Å²) in [6.07, 6.45) is 3.26. The van der Waals surface area contributed by atoms with Gasteiger partial charge in [0.1, 0.15) is 17.3 Å². The van der Waals surface area contributed by atoms with Crippen molar-refractivity contribution in [3.05, 3.63) is 66.5 Å². The van der Waals surface area contributed by atoms with Crippen LogP contribution in [0.4, 0.5) is 23.0 Å². The van der Waals surface area contributed by atoms with E-state index in [9.17, 15) is 9.00 Å². The Bertz CT molecular complexity index is 1280. The number of ether oxygens (including phenoxy) is 1. The molecule has 0 spiro atoms. The number of fused-ring (bicyclic) bond motifs is 1. The number of nitrogens with zero attached hydrogens (tertiary/aromatic N) is 2. The molecule has 1 unspecified atom stereocenters. The zero-order chi connectivity index (χ0) is 22.7. The van der Waals surface area contributed by atoms with E-state index in [1.807, 2.05) is 56.4 Å². The zero-order valence-corrected chi connectivity index (χ0v) is 18.7. The first-order chi connectivity index (χ1) is 15.5. The maximum atomic E-state index is 12.8. The second-order valence-electron chi connectivity index (χ2n) is 7.31. The Labute approximate surface area is 187 Å². The van der Waals surface area contributed by atoms with Gasteiger partial charge in [-0.2, -0.15) is 0 Å². The molecule has 1 aromatic carbocycles. The van der Waals surface area contributed by atoms with Crippen molar-refractivity contribution < 1.29 is 13.7 Å². The lowest BCUT2D eigenvalue weighted by molar-refractivity contribution is 0.0600. The number of aromatic amines is 1. The van der Waals surface area contributed by atoms with Crippen LogP contribution in [-0.2, 0) is 15.5 Å². The summed E-state index contributed by atoms with van der Waals surface area (Å²) in [6, 6.07) is 14.7. The van der Waals surface area contributed by atoms with Crippen molar-refractivity contribution in [2.75, 3.05) is 17.7 Å². The molecule has 0 bridgehead atoms. The third-order valence-electron chi connectivity index (χ3n) is 4.77. The van der Waals surface area contributed by atoms with Gasteiger partial charge in [-0.15, -0.1) is 0 Å². The lowest BCUT2D eigenvalue weighted by Gasteiger charge is -2.15. The molecular weight excluding hydrogens is 426 g/mol. The summed E-state index contributed by atoms with van der Waals surface area (Å²) in [7, 11) is 0.189. The minimum absolute atomic E-state index is 0.000990. The molecule has 32 heavy (non-hydrogen) atoms. The van der Waals surface area contributed by atoms with Crippen molar-refractivity contribution in [2.24, 2.45) is 0 Å². The van der Waals surface area contributed by atoms with Crippen molar-refractivity contribution in [1.82, 2.24) is 15.0 Å². The highest BCUT2D eigenvalue weighted by Gasteiger charge is 2.15. The molecule has 0 radical (unpaired) electrons. The first-order valence-electron chi connectivity index (χ1n) is 10.0. The van der Waals surface area contributed by atoms with Gasteiger partial charge in [-0.3, -0.25) is 4.21 Å². The summed E-state index contributed by atoms with van der Waals surface area (Å²) in [5, 5.41) is 7.47. The van der Waals surface area contributed by atoms with Gasteiger partial charge in [0.15, 0.2) is 0 Å². The maximum Gasteiger partial charge on any atom is 0.339 e. The highest BCUT2D eigenvalue weighted by molar-refractivity contribution is 7.85. The monoisotopic (exact) mass is 449 g/mol. The van der Waals surface area contributed by atoms with E-state index in [0.717, 1.165) is 21.7 Å². The van der Waals surface area contributed by atoms with Crippen LogP contribution in [0.2, 0.25) is 0 Å². The molecule has 0 aliphatic carbocycles. The Morgan fingerprint density at radius 2 is 1.88 bits per heavy atom. The summed E-state index contributed by atoms with van der Waals surface area (Å²) >= 11 is 0. The molecule has 164 valence electrons. The Morgan fingerprint density at radius 3 is 2.59 bits per heavy atom. The van der Waals surface area contributed by atoms with Gasteiger partial charge in [0.2, 0.25) is 0 Å². The van der Waals surface area contributed by atoms with Crippen molar-refractivity contribution in [2.45, 2.75) is 24.0 Å². The zero-order valence-electron chi connectivity index (χ0n) is 17.9. The lowest BCUT2D eigenvalue weighted by Crippen LogP contribution is -2.08. The first-order valence-corrected chi connectivity index (χ1v) is 11.2. The fourth-order valence-electron chi connectivity index (χ4n) is 3.19. The predicted octanol–water partition coefficient (Wildman–Crippen LogP) is 4.75. The van der Waals surface area contributed by atoms with Crippen LogP contribution in [0.1, 0.15) is 24.2 Å². The highest BCUT2D eigenvalue weighted by atomic mass is 32.2. The van der Waals surface area contributed by atoms with E-state index in [4.69, 9.17) is 4.74 Å². The lowest BCUT2D eigenvalue weighted by atomic mass is 10.2. The summed E-state index contributed by atoms with van der Waals surface area (Å²) in [5.41, 5.74) is 2.63. The molecule has 4 rings (SSSR count). The molecule has 3 N–H and O–H groups in total. The Balaban J connectivity index is 1.66. The van der Waals surface area contributed by atoms with Gasteiger partial charge >= 0.3 is 5.97 Å². The minimum Gasteiger partial charge on any atom is -0.465 e. The third-order valence-corrected chi connectivity index (χ3v) is 6.42. The number of para-hydroxylation sites is 1. The average molecular weight is 450 g/mol. The van der Waals surface area contributed by atoms with Crippen LogP contribution in [0.15, 0.2) is 65.8 Å². The number of benzene rings is 1. The topological polar surface area (TPSA) is 109 Å². The van der Waals surface area contributed by atoms with Crippen LogP contribution in [0, 0.1) is 0 Å². The third kappa shape index (κ3) is 4.47. The van der Waals surface area contributed by atoms with Crippen LogP contribution < -0.4 is 10.6 Å². The first kappa shape index (κ1) is 21.5. The molecule has 3 aromatic heterocycles. The quantitative estimate of drug-likeness (QED) is 0.349. The Kier molecular flexibility index (Phi) is 6.18. The number of carbonyl (C=O) groups excluding carboxylic acids is 1. The number of nitrogens with one attached hydrogen (secondary N) is 3. The number of carbonyl (C=O) groups is 1. The number of esters is 1. The predicted molar refractivity (Wildman–Crippen MR) is 126 cm³/mol. The number of hydrogen-bond acceptors (Lipinski definition) is 7. The smallest absolute Gasteiger partial charge is 0.339 e. The fourth-order valence-corrected chi connectivity index (χ4v) is 4.24. The van der Waals surface area contributed by atoms with Gasteiger partial charge in [-0.05, 0) is 30.3 Å². The number of H-pyrrole nitrogens is 1. The molecule has 0 saturated carbocycles. The second-order valence-corrected chi connectivity index (χ2v) is 9.29. The van der Waals surface area contributed by atoms with Crippen molar-refractivity contribution in [3.8, 4) is 0 Å². The second kappa shape index (κ2) is 9.19. The Morgan fingerprint density at radius 1 is 1.06 bits per heavy atom. The molecule has 1 atom stereocenters. The molecule has 3 heterocycles. The van der Waals surface area contributed by atoms with Crippen LogP contribution in [0.3, 0.4) is 0 Å². The molecule has 0 saturated heterocycles. The van der Waals surface area contributed by atoms with Crippen LogP contribution in [0.25, 0.3) is 11.0 Å². The summed E-state index contributed by atoms with van der Waals surface area (Å²) < 4.78 is 17.5. The van der Waals surface area contributed by atoms with Gasteiger partial charge < -0.3 is 20.4 Å². The van der Waals surface area contributed by atoms with Crippen LogP contribution in [-0.4, -0.2) is 37.5 Å². The molecule has 0 fully saturated rings.